The Labute approximate surface area is 119 Å². The third kappa shape index (κ3) is 5.17. The summed E-state index contributed by atoms with van der Waals surface area (Å²) in [7, 11) is 0. The molecule has 5 heteroatoms. The van der Waals surface area contributed by atoms with Crippen LogP contribution in [0.3, 0.4) is 0 Å². The summed E-state index contributed by atoms with van der Waals surface area (Å²) in [6, 6.07) is 5.93. The van der Waals surface area contributed by atoms with Crippen LogP contribution in [0, 0.1) is 11.7 Å². The molecule has 3 N–H and O–H groups in total. The first-order valence-electron chi connectivity index (χ1n) is 6.85. The number of urea groups is 1. The van der Waals surface area contributed by atoms with E-state index >= 15 is 0 Å². The average molecular weight is 282 g/mol. The number of rotatable bonds is 6. The van der Waals surface area contributed by atoms with E-state index in [0.717, 1.165) is 0 Å². The standard InChI is InChI=1S/C15H23FN2O2/c1-10(9-19)12(3)18-15(20)17-11(2)8-13-6-4-5-7-14(13)16/h4-7,10-12,19H,8-9H2,1-3H3,(H2,17,18,20). The summed E-state index contributed by atoms with van der Waals surface area (Å²) in [6.45, 7) is 5.54. The van der Waals surface area contributed by atoms with Crippen LogP contribution in [0.1, 0.15) is 26.3 Å². The third-order valence-corrected chi connectivity index (χ3v) is 3.36. The van der Waals surface area contributed by atoms with Crippen LogP contribution >= 0.6 is 0 Å². The predicted molar refractivity (Wildman–Crippen MR) is 76.9 cm³/mol. The Morgan fingerprint density at radius 2 is 1.90 bits per heavy atom. The van der Waals surface area contributed by atoms with Gasteiger partial charge in [-0.05, 0) is 37.8 Å². The largest absolute Gasteiger partial charge is 0.396 e. The van der Waals surface area contributed by atoms with Crippen molar-refractivity contribution >= 4 is 6.03 Å². The number of halogens is 1. The number of benzene rings is 1. The lowest BCUT2D eigenvalue weighted by Gasteiger charge is -2.21. The van der Waals surface area contributed by atoms with Gasteiger partial charge in [0.15, 0.2) is 0 Å². The normalized spacial score (nSPS) is 15.2. The first-order chi connectivity index (χ1) is 9.43. The van der Waals surface area contributed by atoms with E-state index in [2.05, 4.69) is 10.6 Å². The van der Waals surface area contributed by atoms with Gasteiger partial charge in [-0.3, -0.25) is 0 Å². The second kappa shape index (κ2) is 7.85. The van der Waals surface area contributed by atoms with Crippen LogP contribution in [0.2, 0.25) is 0 Å². The van der Waals surface area contributed by atoms with E-state index in [1.165, 1.54) is 6.07 Å². The van der Waals surface area contributed by atoms with Crippen molar-refractivity contribution in [2.24, 2.45) is 5.92 Å². The molecule has 0 aliphatic rings. The molecular formula is C15H23FN2O2. The number of hydrogen-bond donors (Lipinski definition) is 3. The van der Waals surface area contributed by atoms with Gasteiger partial charge >= 0.3 is 6.03 Å². The molecular weight excluding hydrogens is 259 g/mol. The van der Waals surface area contributed by atoms with E-state index < -0.39 is 0 Å². The van der Waals surface area contributed by atoms with Gasteiger partial charge in [0.05, 0.1) is 0 Å². The van der Waals surface area contributed by atoms with Gasteiger partial charge < -0.3 is 15.7 Å². The Bertz CT molecular complexity index is 440. The van der Waals surface area contributed by atoms with Crippen molar-refractivity contribution in [1.82, 2.24) is 10.6 Å². The van der Waals surface area contributed by atoms with Gasteiger partial charge in [0.2, 0.25) is 0 Å². The number of aliphatic hydroxyl groups excluding tert-OH is 1. The van der Waals surface area contributed by atoms with E-state index in [1.807, 2.05) is 20.8 Å². The number of amides is 2. The highest BCUT2D eigenvalue weighted by atomic mass is 19.1. The zero-order valence-electron chi connectivity index (χ0n) is 12.2. The molecule has 0 bridgehead atoms. The summed E-state index contributed by atoms with van der Waals surface area (Å²) in [4.78, 5) is 11.8. The maximum absolute atomic E-state index is 13.5. The van der Waals surface area contributed by atoms with Crippen LogP contribution in [-0.4, -0.2) is 29.8 Å². The molecule has 4 nitrogen and oxygen atoms in total. The van der Waals surface area contributed by atoms with E-state index in [1.54, 1.807) is 18.2 Å². The lowest BCUT2D eigenvalue weighted by Crippen LogP contribution is -2.47. The molecule has 0 spiro atoms. The quantitative estimate of drug-likeness (QED) is 0.748. The van der Waals surface area contributed by atoms with Gasteiger partial charge in [-0.25, -0.2) is 9.18 Å². The summed E-state index contributed by atoms with van der Waals surface area (Å²) in [5.74, 6) is -0.272. The molecule has 0 fully saturated rings. The second-order valence-corrected chi connectivity index (χ2v) is 5.26. The van der Waals surface area contributed by atoms with Crippen LogP contribution in [0.5, 0.6) is 0 Å². The Balaban J connectivity index is 2.44. The molecule has 0 radical (unpaired) electrons. The first kappa shape index (κ1) is 16.4. The fourth-order valence-corrected chi connectivity index (χ4v) is 1.82. The highest BCUT2D eigenvalue weighted by molar-refractivity contribution is 5.74. The van der Waals surface area contributed by atoms with Gasteiger partial charge in [-0.2, -0.15) is 0 Å². The Kier molecular flexibility index (Phi) is 6.45. The number of carbonyl (C=O) groups is 1. The van der Waals surface area contributed by atoms with E-state index in [-0.39, 0.29) is 36.5 Å². The number of hydrogen-bond acceptors (Lipinski definition) is 2. The topological polar surface area (TPSA) is 61.4 Å². The van der Waals surface area contributed by atoms with Crippen LogP contribution in [0.15, 0.2) is 24.3 Å². The molecule has 0 heterocycles. The van der Waals surface area contributed by atoms with Gasteiger partial charge in [-0.15, -0.1) is 0 Å². The van der Waals surface area contributed by atoms with E-state index in [4.69, 9.17) is 5.11 Å². The summed E-state index contributed by atoms with van der Waals surface area (Å²) in [5, 5.41) is 14.5. The summed E-state index contributed by atoms with van der Waals surface area (Å²) in [6.07, 6.45) is 0.435. The van der Waals surface area contributed by atoms with Crippen LogP contribution < -0.4 is 10.6 Å². The minimum absolute atomic E-state index is 0.0115. The molecule has 112 valence electrons. The fourth-order valence-electron chi connectivity index (χ4n) is 1.82. The molecule has 3 unspecified atom stereocenters. The molecule has 20 heavy (non-hydrogen) atoms. The zero-order valence-corrected chi connectivity index (χ0v) is 12.2. The predicted octanol–water partition coefficient (Wildman–Crippen LogP) is 2.07. The third-order valence-electron chi connectivity index (χ3n) is 3.36. The zero-order chi connectivity index (χ0) is 15.1. The second-order valence-electron chi connectivity index (χ2n) is 5.26. The van der Waals surface area contributed by atoms with Crippen molar-refractivity contribution in [1.29, 1.82) is 0 Å². The molecule has 1 aromatic carbocycles. The van der Waals surface area contributed by atoms with Crippen LogP contribution in [-0.2, 0) is 6.42 Å². The van der Waals surface area contributed by atoms with Gasteiger partial charge in [0.25, 0.3) is 0 Å². The monoisotopic (exact) mass is 282 g/mol. The maximum atomic E-state index is 13.5. The van der Waals surface area contributed by atoms with Crippen molar-refractivity contribution in [3.05, 3.63) is 35.6 Å². The van der Waals surface area contributed by atoms with Gasteiger partial charge in [0.1, 0.15) is 5.82 Å². The fraction of sp³-hybridized carbons (Fsp3) is 0.533. The van der Waals surface area contributed by atoms with E-state index in [0.29, 0.717) is 12.0 Å². The molecule has 0 saturated carbocycles. The minimum Gasteiger partial charge on any atom is -0.396 e. The summed E-state index contributed by atoms with van der Waals surface area (Å²) in [5.41, 5.74) is 0.581. The number of nitrogens with one attached hydrogen (secondary N) is 2. The number of carbonyl (C=O) groups excluding carboxylic acids is 1. The SMILES string of the molecule is CC(Cc1ccccc1F)NC(=O)NC(C)C(C)CO. The molecule has 0 saturated heterocycles. The van der Waals surface area contributed by atoms with Crippen LogP contribution in [0.4, 0.5) is 9.18 Å². The van der Waals surface area contributed by atoms with Crippen molar-refractivity contribution in [2.75, 3.05) is 6.61 Å². The highest BCUT2D eigenvalue weighted by Crippen LogP contribution is 2.09. The molecule has 1 aromatic rings. The van der Waals surface area contributed by atoms with Crippen molar-refractivity contribution in [3.63, 3.8) is 0 Å². The van der Waals surface area contributed by atoms with Crippen molar-refractivity contribution < 1.29 is 14.3 Å². The molecule has 2 amide bonds. The minimum atomic E-state index is -0.304. The van der Waals surface area contributed by atoms with Gasteiger partial charge in [-0.1, -0.05) is 25.1 Å². The van der Waals surface area contributed by atoms with Crippen molar-refractivity contribution in [2.45, 2.75) is 39.3 Å². The maximum Gasteiger partial charge on any atom is 0.315 e. The lowest BCUT2D eigenvalue weighted by atomic mass is 10.1. The first-order valence-corrected chi connectivity index (χ1v) is 6.85. The average Bonchev–Trinajstić information content (AvgIpc) is 2.40. The summed E-state index contributed by atoms with van der Waals surface area (Å²) < 4.78 is 13.5. The van der Waals surface area contributed by atoms with Crippen LogP contribution in [0.25, 0.3) is 0 Å². The molecule has 0 aliphatic heterocycles. The molecule has 3 atom stereocenters. The molecule has 0 aliphatic carbocycles. The Morgan fingerprint density at radius 3 is 2.50 bits per heavy atom. The molecule has 1 rings (SSSR count). The highest BCUT2D eigenvalue weighted by Gasteiger charge is 2.15. The lowest BCUT2D eigenvalue weighted by molar-refractivity contribution is 0.199. The number of aliphatic hydroxyl groups is 1. The Morgan fingerprint density at radius 1 is 1.25 bits per heavy atom. The van der Waals surface area contributed by atoms with E-state index in [9.17, 15) is 9.18 Å². The van der Waals surface area contributed by atoms with Gasteiger partial charge in [0, 0.05) is 18.7 Å². The smallest absolute Gasteiger partial charge is 0.315 e. The Hall–Kier alpha value is -1.62. The summed E-state index contributed by atoms with van der Waals surface area (Å²) >= 11 is 0. The van der Waals surface area contributed by atoms with Crippen molar-refractivity contribution in [3.8, 4) is 0 Å². The molecule has 0 aromatic heterocycles.